The molecular weight excluding hydrogens is 228 g/mol. The van der Waals surface area contributed by atoms with E-state index in [1.54, 1.807) is 0 Å². The van der Waals surface area contributed by atoms with Crippen LogP contribution in [0.25, 0.3) is 0 Å². The number of nitrogens with one attached hydrogen (secondary N) is 1. The Bertz CT molecular complexity index is 307. The van der Waals surface area contributed by atoms with Gasteiger partial charge in [0, 0.05) is 18.5 Å². The molecule has 0 aromatic rings. The summed E-state index contributed by atoms with van der Waals surface area (Å²) in [5, 5.41) is 2.72. The first kappa shape index (κ1) is 15.0. The second-order valence-electron chi connectivity index (χ2n) is 6.19. The van der Waals surface area contributed by atoms with E-state index in [4.69, 9.17) is 0 Å². The molecule has 1 N–H and O–H groups in total. The third kappa shape index (κ3) is 4.31. The maximum atomic E-state index is 12.0. The molecule has 1 fully saturated rings. The molecule has 1 heterocycles. The van der Waals surface area contributed by atoms with Crippen LogP contribution in [-0.2, 0) is 9.59 Å². The number of rotatable bonds is 3. The number of carbonyl (C=O) groups is 2. The maximum Gasteiger partial charge on any atom is 0.241 e. The topological polar surface area (TPSA) is 49.4 Å². The van der Waals surface area contributed by atoms with Gasteiger partial charge in [0.1, 0.15) is 0 Å². The molecule has 0 saturated carbocycles. The lowest BCUT2D eigenvalue weighted by Crippen LogP contribution is -2.46. The van der Waals surface area contributed by atoms with E-state index in [1.165, 1.54) is 6.42 Å². The van der Waals surface area contributed by atoms with Gasteiger partial charge < -0.3 is 10.2 Å². The van der Waals surface area contributed by atoms with Crippen LogP contribution in [0.5, 0.6) is 0 Å². The molecule has 2 amide bonds. The Labute approximate surface area is 110 Å². The first-order valence-corrected chi connectivity index (χ1v) is 6.90. The van der Waals surface area contributed by atoms with Crippen LogP contribution < -0.4 is 5.32 Å². The van der Waals surface area contributed by atoms with E-state index in [9.17, 15) is 9.59 Å². The molecule has 104 valence electrons. The van der Waals surface area contributed by atoms with Crippen LogP contribution in [-0.4, -0.2) is 36.3 Å². The highest BCUT2D eigenvalue weighted by Crippen LogP contribution is 2.19. The monoisotopic (exact) mass is 254 g/mol. The number of amides is 2. The van der Waals surface area contributed by atoms with Crippen LogP contribution in [0.2, 0.25) is 0 Å². The molecule has 4 heteroatoms. The molecule has 4 nitrogen and oxygen atoms in total. The first-order chi connectivity index (χ1) is 8.34. The highest BCUT2D eigenvalue weighted by Gasteiger charge is 2.25. The SMILES string of the molecule is CCC1CCCN(C(=O)CNC(=O)C(C)(C)C)C1. The Morgan fingerprint density at radius 1 is 1.33 bits per heavy atom. The molecule has 1 aliphatic heterocycles. The molecule has 1 atom stereocenters. The van der Waals surface area contributed by atoms with E-state index in [2.05, 4.69) is 12.2 Å². The van der Waals surface area contributed by atoms with Gasteiger partial charge in [0.25, 0.3) is 0 Å². The van der Waals surface area contributed by atoms with Crippen molar-refractivity contribution in [3.05, 3.63) is 0 Å². The molecule has 0 aromatic heterocycles. The largest absolute Gasteiger partial charge is 0.347 e. The van der Waals surface area contributed by atoms with Gasteiger partial charge in [-0.25, -0.2) is 0 Å². The van der Waals surface area contributed by atoms with Crippen molar-refractivity contribution in [2.24, 2.45) is 11.3 Å². The summed E-state index contributed by atoms with van der Waals surface area (Å²) in [5.41, 5.74) is -0.436. The van der Waals surface area contributed by atoms with Crippen LogP contribution >= 0.6 is 0 Å². The Hall–Kier alpha value is -1.06. The van der Waals surface area contributed by atoms with E-state index in [0.29, 0.717) is 5.92 Å². The average Bonchev–Trinajstić information content (AvgIpc) is 2.34. The third-order valence-electron chi connectivity index (χ3n) is 3.53. The summed E-state index contributed by atoms with van der Waals surface area (Å²) in [6, 6.07) is 0. The van der Waals surface area contributed by atoms with Crippen molar-refractivity contribution in [2.45, 2.75) is 47.0 Å². The molecule has 0 spiro atoms. The van der Waals surface area contributed by atoms with Crippen LogP contribution in [0.15, 0.2) is 0 Å². The zero-order chi connectivity index (χ0) is 13.8. The van der Waals surface area contributed by atoms with E-state index < -0.39 is 5.41 Å². The number of hydrogen-bond acceptors (Lipinski definition) is 2. The van der Waals surface area contributed by atoms with Crippen molar-refractivity contribution < 1.29 is 9.59 Å². The van der Waals surface area contributed by atoms with Crippen molar-refractivity contribution in [3.8, 4) is 0 Å². The minimum Gasteiger partial charge on any atom is -0.347 e. The lowest BCUT2D eigenvalue weighted by molar-refractivity contribution is -0.136. The predicted molar refractivity (Wildman–Crippen MR) is 72.1 cm³/mol. The van der Waals surface area contributed by atoms with E-state index in [1.807, 2.05) is 25.7 Å². The van der Waals surface area contributed by atoms with Crippen molar-refractivity contribution in [3.63, 3.8) is 0 Å². The Morgan fingerprint density at radius 2 is 2.00 bits per heavy atom. The number of hydrogen-bond donors (Lipinski definition) is 1. The highest BCUT2D eigenvalue weighted by atomic mass is 16.2. The molecule has 0 radical (unpaired) electrons. The summed E-state index contributed by atoms with van der Waals surface area (Å²) in [5.74, 6) is 0.603. The van der Waals surface area contributed by atoms with Crippen molar-refractivity contribution in [1.82, 2.24) is 10.2 Å². The van der Waals surface area contributed by atoms with Gasteiger partial charge in [-0.3, -0.25) is 9.59 Å². The first-order valence-electron chi connectivity index (χ1n) is 6.90. The van der Waals surface area contributed by atoms with Crippen LogP contribution in [0.3, 0.4) is 0 Å². The zero-order valence-corrected chi connectivity index (χ0v) is 12.1. The van der Waals surface area contributed by atoms with Gasteiger partial charge in [-0.05, 0) is 18.8 Å². The van der Waals surface area contributed by atoms with E-state index in [-0.39, 0.29) is 18.4 Å². The summed E-state index contributed by atoms with van der Waals surface area (Å²) < 4.78 is 0. The average molecular weight is 254 g/mol. The molecule has 1 saturated heterocycles. The van der Waals surface area contributed by atoms with Crippen LogP contribution in [0.4, 0.5) is 0 Å². The van der Waals surface area contributed by atoms with Gasteiger partial charge >= 0.3 is 0 Å². The third-order valence-corrected chi connectivity index (χ3v) is 3.53. The minimum absolute atomic E-state index is 0.0470. The Kier molecular flexibility index (Phi) is 5.17. The Morgan fingerprint density at radius 3 is 2.56 bits per heavy atom. The lowest BCUT2D eigenvalue weighted by Gasteiger charge is -2.32. The molecule has 0 aromatic carbocycles. The second kappa shape index (κ2) is 6.21. The van der Waals surface area contributed by atoms with Crippen molar-refractivity contribution in [1.29, 1.82) is 0 Å². The molecule has 1 unspecified atom stereocenters. The second-order valence-corrected chi connectivity index (χ2v) is 6.19. The van der Waals surface area contributed by atoms with Gasteiger partial charge in [0.2, 0.25) is 11.8 Å². The van der Waals surface area contributed by atoms with Gasteiger partial charge in [-0.2, -0.15) is 0 Å². The summed E-state index contributed by atoms with van der Waals surface area (Å²) in [6.45, 7) is 9.52. The zero-order valence-electron chi connectivity index (χ0n) is 12.1. The fourth-order valence-electron chi connectivity index (χ4n) is 2.16. The number of piperidine rings is 1. The summed E-state index contributed by atoms with van der Waals surface area (Å²) in [4.78, 5) is 25.6. The molecule has 0 aliphatic carbocycles. The molecule has 0 bridgehead atoms. The van der Waals surface area contributed by atoms with Crippen LogP contribution in [0, 0.1) is 11.3 Å². The lowest BCUT2D eigenvalue weighted by atomic mass is 9.95. The molecular formula is C14H26N2O2. The Balaban J connectivity index is 2.39. The van der Waals surface area contributed by atoms with Gasteiger partial charge in [-0.15, -0.1) is 0 Å². The summed E-state index contributed by atoms with van der Waals surface area (Å²) in [7, 11) is 0. The fraction of sp³-hybridized carbons (Fsp3) is 0.857. The summed E-state index contributed by atoms with van der Waals surface area (Å²) >= 11 is 0. The van der Waals surface area contributed by atoms with Crippen molar-refractivity contribution >= 4 is 11.8 Å². The number of likely N-dealkylation sites (tertiary alicyclic amines) is 1. The number of nitrogens with zero attached hydrogens (tertiary/aromatic N) is 1. The smallest absolute Gasteiger partial charge is 0.241 e. The van der Waals surface area contributed by atoms with E-state index >= 15 is 0 Å². The molecule has 1 aliphatic rings. The standard InChI is InChI=1S/C14H26N2O2/c1-5-11-7-6-8-16(10-11)12(17)9-15-13(18)14(2,3)4/h11H,5-10H2,1-4H3,(H,15,18). The highest BCUT2D eigenvalue weighted by molar-refractivity contribution is 5.87. The van der Waals surface area contributed by atoms with Crippen LogP contribution in [0.1, 0.15) is 47.0 Å². The van der Waals surface area contributed by atoms with Gasteiger partial charge in [0.15, 0.2) is 0 Å². The fourth-order valence-corrected chi connectivity index (χ4v) is 2.16. The van der Waals surface area contributed by atoms with Crippen molar-refractivity contribution in [2.75, 3.05) is 19.6 Å². The predicted octanol–water partition coefficient (Wildman–Crippen LogP) is 1.80. The maximum absolute atomic E-state index is 12.0. The van der Waals surface area contributed by atoms with Gasteiger partial charge in [-0.1, -0.05) is 34.1 Å². The quantitative estimate of drug-likeness (QED) is 0.835. The molecule has 18 heavy (non-hydrogen) atoms. The normalized spacial score (nSPS) is 20.7. The summed E-state index contributed by atoms with van der Waals surface area (Å²) in [6.07, 6.45) is 3.42. The number of carbonyl (C=O) groups excluding carboxylic acids is 2. The van der Waals surface area contributed by atoms with E-state index in [0.717, 1.165) is 25.9 Å². The molecule has 1 rings (SSSR count). The minimum atomic E-state index is -0.436. The van der Waals surface area contributed by atoms with Gasteiger partial charge in [0.05, 0.1) is 6.54 Å².